The Bertz CT molecular complexity index is 1200. The van der Waals surface area contributed by atoms with Crippen molar-refractivity contribution >= 4 is 11.9 Å². The van der Waals surface area contributed by atoms with Gasteiger partial charge in [0, 0.05) is 11.6 Å². The number of hydrogen-bond donors (Lipinski definition) is 0. The van der Waals surface area contributed by atoms with Gasteiger partial charge in [0.15, 0.2) is 0 Å². The normalized spacial score (nSPS) is 20.8. The van der Waals surface area contributed by atoms with Crippen molar-refractivity contribution in [1.82, 2.24) is 0 Å². The van der Waals surface area contributed by atoms with E-state index in [1.807, 2.05) is 24.3 Å². The van der Waals surface area contributed by atoms with Gasteiger partial charge in [0.05, 0.1) is 5.92 Å². The first-order valence-corrected chi connectivity index (χ1v) is 11.7. The molecule has 1 fully saturated rings. The Morgan fingerprint density at radius 1 is 1.11 bits per heavy atom. The summed E-state index contributed by atoms with van der Waals surface area (Å²) in [5, 5.41) is 9.65. The van der Waals surface area contributed by atoms with E-state index in [-0.39, 0.29) is 0 Å². The quantitative estimate of drug-likeness (QED) is 0.273. The number of benzene rings is 2. The van der Waals surface area contributed by atoms with Crippen LogP contribution in [0.2, 0.25) is 0 Å². The summed E-state index contributed by atoms with van der Waals surface area (Å²) >= 11 is 0. The largest absolute Gasteiger partial charge is 0.457 e. The molecular weight excluding hydrogens is 487 g/mol. The fourth-order valence-corrected chi connectivity index (χ4v) is 3.98. The minimum absolute atomic E-state index is 0.421. The maximum atomic E-state index is 13.2. The van der Waals surface area contributed by atoms with Crippen LogP contribution in [0.1, 0.15) is 45.8 Å². The van der Waals surface area contributed by atoms with E-state index in [0.29, 0.717) is 17.1 Å². The standard InChI is InChI=1S/C28H28F3NO5/c1-5-27(4,28(29,30)31)37-23(33)15-14-21-24(26(21,2)3)25(34)36-22(17-32)18-10-9-13-20(16-18)35-19-11-7-6-8-12-19/h6-16,21-22,24H,5H2,1-4H3/b15-14-/t21-,22+,24-,27?/m0/s1. The number of alkyl halides is 3. The predicted octanol–water partition coefficient (Wildman–Crippen LogP) is 6.69. The third-order valence-corrected chi connectivity index (χ3v) is 6.70. The van der Waals surface area contributed by atoms with E-state index < -0.39 is 53.5 Å². The van der Waals surface area contributed by atoms with Crippen molar-refractivity contribution in [3.8, 4) is 17.6 Å². The van der Waals surface area contributed by atoms with Crippen LogP contribution >= 0.6 is 0 Å². The summed E-state index contributed by atoms with van der Waals surface area (Å²) in [6, 6.07) is 17.6. The van der Waals surface area contributed by atoms with Gasteiger partial charge in [-0.2, -0.15) is 18.4 Å². The lowest BCUT2D eigenvalue weighted by Gasteiger charge is -2.29. The van der Waals surface area contributed by atoms with Crippen LogP contribution < -0.4 is 4.74 Å². The molecule has 2 aromatic carbocycles. The van der Waals surface area contributed by atoms with Crippen LogP contribution in [0.25, 0.3) is 0 Å². The third kappa shape index (κ3) is 6.31. The van der Waals surface area contributed by atoms with Gasteiger partial charge in [-0.25, -0.2) is 4.79 Å². The number of hydrogen-bond acceptors (Lipinski definition) is 6. The van der Waals surface area contributed by atoms with Crippen LogP contribution in [-0.4, -0.2) is 23.7 Å². The number of esters is 2. The molecule has 9 heteroatoms. The van der Waals surface area contributed by atoms with Gasteiger partial charge in [-0.1, -0.05) is 57.2 Å². The van der Waals surface area contributed by atoms with Crippen molar-refractivity contribution in [2.75, 3.05) is 0 Å². The summed E-state index contributed by atoms with van der Waals surface area (Å²) in [4.78, 5) is 25.0. The van der Waals surface area contributed by atoms with Crippen molar-refractivity contribution in [2.24, 2.45) is 17.3 Å². The third-order valence-electron chi connectivity index (χ3n) is 6.70. The SMILES string of the molecule is CCC(C)(OC(=O)/C=C\[C@H]1[C@@H](C(=O)O[C@H](C#N)c2cccc(Oc3ccccc3)c2)C1(C)C)C(F)(F)F. The van der Waals surface area contributed by atoms with Gasteiger partial charge < -0.3 is 14.2 Å². The summed E-state index contributed by atoms with van der Waals surface area (Å²) in [7, 11) is 0. The molecule has 196 valence electrons. The van der Waals surface area contributed by atoms with E-state index in [1.165, 1.54) is 13.0 Å². The average Bonchev–Trinajstić information content (AvgIpc) is 3.41. The second-order valence-corrected chi connectivity index (χ2v) is 9.62. The van der Waals surface area contributed by atoms with E-state index in [4.69, 9.17) is 9.47 Å². The first kappa shape index (κ1) is 27.8. The van der Waals surface area contributed by atoms with E-state index in [2.05, 4.69) is 4.74 Å². The van der Waals surface area contributed by atoms with Crippen LogP contribution in [0.3, 0.4) is 0 Å². The Morgan fingerprint density at radius 2 is 1.76 bits per heavy atom. The molecule has 6 nitrogen and oxygen atoms in total. The first-order chi connectivity index (χ1) is 17.3. The lowest BCUT2D eigenvalue weighted by atomic mass is 10.0. The Hall–Kier alpha value is -3.80. The summed E-state index contributed by atoms with van der Waals surface area (Å²) in [5.41, 5.74) is -2.81. The molecule has 37 heavy (non-hydrogen) atoms. The molecule has 0 heterocycles. The van der Waals surface area contributed by atoms with Crippen LogP contribution in [0.5, 0.6) is 11.5 Å². The number of carbonyl (C=O) groups is 2. The van der Waals surface area contributed by atoms with Crippen molar-refractivity contribution in [2.45, 2.75) is 52.0 Å². The molecule has 0 saturated heterocycles. The van der Waals surface area contributed by atoms with Gasteiger partial charge in [-0.3, -0.25) is 4.79 Å². The zero-order chi connectivity index (χ0) is 27.4. The molecule has 1 aliphatic rings. The molecule has 4 atom stereocenters. The zero-order valence-corrected chi connectivity index (χ0v) is 20.9. The molecule has 0 aromatic heterocycles. The second kappa shape index (κ2) is 10.7. The minimum Gasteiger partial charge on any atom is -0.457 e. The summed E-state index contributed by atoms with van der Waals surface area (Å²) in [6.45, 7) is 5.61. The van der Waals surface area contributed by atoms with E-state index in [0.717, 1.165) is 13.0 Å². The number of carbonyl (C=O) groups excluding carboxylic acids is 2. The maximum absolute atomic E-state index is 13.2. The van der Waals surface area contributed by atoms with Gasteiger partial charge in [0.2, 0.25) is 11.7 Å². The Labute approximate surface area is 213 Å². The summed E-state index contributed by atoms with van der Waals surface area (Å²) in [6.07, 6.45) is -4.09. The molecule has 3 rings (SSSR count). The highest BCUT2D eigenvalue weighted by atomic mass is 19.4. The number of rotatable bonds is 9. The topological polar surface area (TPSA) is 85.6 Å². The molecule has 2 aromatic rings. The number of para-hydroxylation sites is 1. The lowest BCUT2D eigenvalue weighted by molar-refractivity contribution is -0.262. The fourth-order valence-electron chi connectivity index (χ4n) is 3.98. The molecule has 0 N–H and O–H groups in total. The molecule has 1 saturated carbocycles. The fraction of sp³-hybridized carbons (Fsp3) is 0.393. The van der Waals surface area contributed by atoms with Gasteiger partial charge in [-0.05, 0) is 48.9 Å². The molecule has 0 spiro atoms. The van der Waals surface area contributed by atoms with Crippen LogP contribution in [0.4, 0.5) is 13.2 Å². The number of nitrogens with zero attached hydrogens (tertiary/aromatic N) is 1. The van der Waals surface area contributed by atoms with Gasteiger partial charge in [0.1, 0.15) is 17.6 Å². The molecule has 1 unspecified atom stereocenters. The van der Waals surface area contributed by atoms with Crippen LogP contribution in [0, 0.1) is 28.6 Å². The van der Waals surface area contributed by atoms with Crippen molar-refractivity contribution in [1.29, 1.82) is 5.26 Å². The monoisotopic (exact) mass is 515 g/mol. The van der Waals surface area contributed by atoms with Gasteiger partial charge >= 0.3 is 18.1 Å². The summed E-state index contributed by atoms with van der Waals surface area (Å²) < 4.78 is 55.5. The molecule has 0 amide bonds. The highest BCUT2D eigenvalue weighted by Crippen LogP contribution is 2.59. The van der Waals surface area contributed by atoms with E-state index >= 15 is 0 Å². The number of nitriles is 1. The lowest BCUT2D eigenvalue weighted by Crippen LogP contribution is -2.45. The number of ether oxygens (including phenoxy) is 3. The van der Waals surface area contributed by atoms with Crippen molar-refractivity contribution in [3.63, 3.8) is 0 Å². The Morgan fingerprint density at radius 3 is 2.35 bits per heavy atom. The van der Waals surface area contributed by atoms with Gasteiger partial charge in [0.25, 0.3) is 0 Å². The predicted molar refractivity (Wildman–Crippen MR) is 128 cm³/mol. The molecule has 0 aliphatic heterocycles. The Balaban J connectivity index is 1.65. The smallest absolute Gasteiger partial charge is 0.428 e. The highest BCUT2D eigenvalue weighted by Gasteiger charge is 2.62. The molecular formula is C28H28F3NO5. The average molecular weight is 516 g/mol. The maximum Gasteiger partial charge on any atom is 0.428 e. The van der Waals surface area contributed by atoms with E-state index in [1.54, 1.807) is 50.2 Å². The highest BCUT2D eigenvalue weighted by molar-refractivity contribution is 5.84. The van der Waals surface area contributed by atoms with Crippen molar-refractivity contribution in [3.05, 3.63) is 72.3 Å². The Kier molecular flexibility index (Phi) is 8.01. The minimum atomic E-state index is -4.72. The molecule has 0 bridgehead atoms. The van der Waals surface area contributed by atoms with Gasteiger partial charge in [-0.15, -0.1) is 0 Å². The summed E-state index contributed by atoms with van der Waals surface area (Å²) in [5.74, 6) is -1.89. The number of allylic oxidation sites excluding steroid dienone is 1. The van der Waals surface area contributed by atoms with E-state index in [9.17, 15) is 28.0 Å². The van der Waals surface area contributed by atoms with Crippen LogP contribution in [-0.2, 0) is 19.1 Å². The number of halogens is 3. The molecule has 1 aliphatic carbocycles. The van der Waals surface area contributed by atoms with Crippen LogP contribution in [0.15, 0.2) is 66.7 Å². The second-order valence-electron chi connectivity index (χ2n) is 9.62. The van der Waals surface area contributed by atoms with Crippen molar-refractivity contribution < 1.29 is 37.0 Å². The molecule has 0 radical (unpaired) electrons. The first-order valence-electron chi connectivity index (χ1n) is 11.7. The zero-order valence-electron chi connectivity index (χ0n) is 20.9.